The average Bonchev–Trinajstić information content (AvgIpc) is 2.63. The Morgan fingerprint density at radius 2 is 1.44 bits per heavy atom. The van der Waals surface area contributed by atoms with Crippen LogP contribution in [0.3, 0.4) is 0 Å². The minimum absolute atomic E-state index is 0.0702. The molecule has 0 atom stereocenters. The maximum absolute atomic E-state index is 12.4. The van der Waals surface area contributed by atoms with Crippen LogP contribution in [0.2, 0.25) is 5.02 Å². The molecule has 0 fully saturated rings. The van der Waals surface area contributed by atoms with Crippen molar-refractivity contribution in [1.29, 1.82) is 0 Å². The Morgan fingerprint density at radius 1 is 0.852 bits per heavy atom. The highest BCUT2D eigenvalue weighted by Gasteiger charge is 2.16. The molecule has 0 aliphatic rings. The molecule has 7 heteroatoms. The molecule has 3 aromatic rings. The summed E-state index contributed by atoms with van der Waals surface area (Å²) >= 11 is 5.91. The lowest BCUT2D eigenvalue weighted by Gasteiger charge is -2.10. The summed E-state index contributed by atoms with van der Waals surface area (Å²) in [7, 11) is -3.52. The summed E-state index contributed by atoms with van der Waals surface area (Å²) < 4.78 is 23.5. The summed E-state index contributed by atoms with van der Waals surface area (Å²) in [5.41, 5.74) is 2.65. The van der Waals surface area contributed by atoms with Crippen LogP contribution in [0.5, 0.6) is 0 Å². The summed E-state index contributed by atoms with van der Waals surface area (Å²) in [6.07, 6.45) is 1.05. The van der Waals surface area contributed by atoms with E-state index in [0.717, 1.165) is 17.6 Å². The van der Waals surface area contributed by atoms with Crippen LogP contribution in [0.4, 0.5) is 17.1 Å². The number of sulfone groups is 1. The molecule has 0 spiro atoms. The van der Waals surface area contributed by atoms with Gasteiger partial charge in [-0.2, -0.15) is 0 Å². The number of para-hydroxylation sites is 1. The molecular formula is C20H17ClN2O3S. The van der Waals surface area contributed by atoms with Crippen LogP contribution < -0.4 is 10.6 Å². The molecule has 3 aromatic carbocycles. The zero-order valence-electron chi connectivity index (χ0n) is 14.4. The average molecular weight is 401 g/mol. The molecule has 0 saturated heterocycles. The number of hydrogen-bond donors (Lipinski definition) is 2. The van der Waals surface area contributed by atoms with Crippen molar-refractivity contribution in [2.75, 3.05) is 16.9 Å². The Morgan fingerprint density at radius 3 is 2.07 bits per heavy atom. The highest BCUT2D eigenvalue weighted by Crippen LogP contribution is 2.24. The van der Waals surface area contributed by atoms with Gasteiger partial charge in [0.25, 0.3) is 5.91 Å². The van der Waals surface area contributed by atoms with Gasteiger partial charge in [-0.05, 0) is 54.6 Å². The Balaban J connectivity index is 1.73. The number of hydrogen-bond acceptors (Lipinski definition) is 4. The quantitative estimate of drug-likeness (QED) is 0.648. The summed E-state index contributed by atoms with van der Waals surface area (Å²) in [6.45, 7) is 0. The number of anilines is 3. The standard InChI is InChI=1S/C20H17ClN2O3S/c1-27(25,26)19-13-14(7-12-18(19)21)20(24)23-17-10-8-16(9-11-17)22-15-5-3-2-4-6-15/h2-13,22H,1H3,(H,23,24). The van der Waals surface area contributed by atoms with Crippen LogP contribution in [0, 0.1) is 0 Å². The van der Waals surface area contributed by atoms with Gasteiger partial charge in [-0.15, -0.1) is 0 Å². The molecule has 0 aliphatic heterocycles. The van der Waals surface area contributed by atoms with E-state index in [0.29, 0.717) is 5.69 Å². The molecule has 5 nitrogen and oxygen atoms in total. The number of benzene rings is 3. The van der Waals surface area contributed by atoms with Gasteiger partial charge in [-0.25, -0.2) is 8.42 Å². The first-order valence-corrected chi connectivity index (χ1v) is 10.3. The molecule has 0 aromatic heterocycles. The van der Waals surface area contributed by atoms with Gasteiger partial charge in [0.15, 0.2) is 9.84 Å². The fourth-order valence-electron chi connectivity index (χ4n) is 2.46. The second-order valence-corrected chi connectivity index (χ2v) is 8.33. The van der Waals surface area contributed by atoms with Gasteiger partial charge in [0, 0.05) is 28.9 Å². The molecule has 0 bridgehead atoms. The molecule has 2 N–H and O–H groups in total. The van der Waals surface area contributed by atoms with Crippen molar-refractivity contribution >= 4 is 44.4 Å². The maximum atomic E-state index is 12.4. The summed E-state index contributed by atoms with van der Waals surface area (Å²) in [4.78, 5) is 12.3. The Bertz CT molecular complexity index is 1070. The molecule has 0 aliphatic carbocycles. The van der Waals surface area contributed by atoms with Crippen molar-refractivity contribution in [3.8, 4) is 0 Å². The molecule has 3 rings (SSSR count). The van der Waals surface area contributed by atoms with Gasteiger partial charge in [0.2, 0.25) is 0 Å². The third-order valence-corrected chi connectivity index (χ3v) is 5.38. The number of carbonyl (C=O) groups is 1. The Kier molecular flexibility index (Phi) is 5.48. The van der Waals surface area contributed by atoms with E-state index in [1.807, 2.05) is 42.5 Å². The van der Waals surface area contributed by atoms with Crippen LogP contribution in [0.25, 0.3) is 0 Å². The molecular weight excluding hydrogens is 384 g/mol. The van der Waals surface area contributed by atoms with Crippen molar-refractivity contribution in [2.24, 2.45) is 0 Å². The predicted octanol–water partition coefficient (Wildman–Crippen LogP) is 4.74. The number of rotatable bonds is 5. The van der Waals surface area contributed by atoms with Crippen molar-refractivity contribution < 1.29 is 13.2 Å². The lowest BCUT2D eigenvalue weighted by atomic mass is 10.2. The molecule has 0 saturated carbocycles. The van der Waals surface area contributed by atoms with Gasteiger partial charge in [-0.3, -0.25) is 4.79 Å². The van der Waals surface area contributed by atoms with Crippen LogP contribution in [-0.4, -0.2) is 20.6 Å². The minimum atomic E-state index is -3.52. The van der Waals surface area contributed by atoms with Crippen molar-refractivity contribution in [3.63, 3.8) is 0 Å². The predicted molar refractivity (Wildman–Crippen MR) is 109 cm³/mol. The molecule has 138 valence electrons. The summed E-state index contributed by atoms with van der Waals surface area (Å²) in [5, 5.41) is 6.08. The normalized spacial score (nSPS) is 11.0. The zero-order valence-corrected chi connectivity index (χ0v) is 16.0. The van der Waals surface area contributed by atoms with Crippen LogP contribution in [0.1, 0.15) is 10.4 Å². The van der Waals surface area contributed by atoms with E-state index in [1.165, 1.54) is 18.2 Å². The summed E-state index contributed by atoms with van der Waals surface area (Å²) in [6, 6.07) is 21.1. The Labute approximate surface area is 162 Å². The zero-order chi connectivity index (χ0) is 19.4. The first-order valence-electron chi connectivity index (χ1n) is 8.06. The van der Waals surface area contributed by atoms with E-state index in [4.69, 9.17) is 11.6 Å². The molecule has 1 amide bonds. The monoisotopic (exact) mass is 400 g/mol. The minimum Gasteiger partial charge on any atom is -0.356 e. The highest BCUT2D eigenvalue weighted by atomic mass is 35.5. The van der Waals surface area contributed by atoms with E-state index in [-0.39, 0.29) is 15.5 Å². The van der Waals surface area contributed by atoms with Crippen LogP contribution in [0.15, 0.2) is 77.7 Å². The largest absolute Gasteiger partial charge is 0.356 e. The highest BCUT2D eigenvalue weighted by molar-refractivity contribution is 7.90. The third-order valence-electron chi connectivity index (χ3n) is 3.80. The third kappa shape index (κ3) is 4.87. The van der Waals surface area contributed by atoms with E-state index < -0.39 is 15.7 Å². The number of halogens is 1. The van der Waals surface area contributed by atoms with Crippen LogP contribution >= 0.6 is 11.6 Å². The second-order valence-electron chi connectivity index (χ2n) is 5.94. The smallest absolute Gasteiger partial charge is 0.255 e. The summed E-state index contributed by atoms with van der Waals surface area (Å²) in [5.74, 6) is -0.416. The van der Waals surface area contributed by atoms with E-state index in [2.05, 4.69) is 10.6 Å². The SMILES string of the molecule is CS(=O)(=O)c1cc(C(=O)Nc2ccc(Nc3ccccc3)cc2)ccc1Cl. The fourth-order valence-corrected chi connectivity index (χ4v) is 3.76. The van der Waals surface area contributed by atoms with Gasteiger partial charge >= 0.3 is 0 Å². The van der Waals surface area contributed by atoms with E-state index in [1.54, 1.807) is 12.1 Å². The molecule has 0 unspecified atom stereocenters. The van der Waals surface area contributed by atoms with Crippen molar-refractivity contribution in [3.05, 3.63) is 83.4 Å². The van der Waals surface area contributed by atoms with Gasteiger partial charge in [0.1, 0.15) is 0 Å². The second kappa shape index (κ2) is 7.82. The van der Waals surface area contributed by atoms with Gasteiger partial charge in [-0.1, -0.05) is 29.8 Å². The number of carbonyl (C=O) groups excluding carboxylic acids is 1. The fraction of sp³-hybridized carbons (Fsp3) is 0.0500. The van der Waals surface area contributed by atoms with Crippen molar-refractivity contribution in [2.45, 2.75) is 4.90 Å². The van der Waals surface area contributed by atoms with Gasteiger partial charge < -0.3 is 10.6 Å². The number of amides is 1. The molecule has 27 heavy (non-hydrogen) atoms. The Hall–Kier alpha value is -2.83. The lowest BCUT2D eigenvalue weighted by molar-refractivity contribution is 0.102. The van der Waals surface area contributed by atoms with E-state index in [9.17, 15) is 13.2 Å². The molecule has 0 radical (unpaired) electrons. The molecule has 0 heterocycles. The first kappa shape index (κ1) is 18.9. The van der Waals surface area contributed by atoms with Gasteiger partial charge in [0.05, 0.1) is 9.92 Å². The van der Waals surface area contributed by atoms with Crippen LogP contribution in [-0.2, 0) is 9.84 Å². The number of nitrogens with one attached hydrogen (secondary N) is 2. The maximum Gasteiger partial charge on any atom is 0.255 e. The van der Waals surface area contributed by atoms with Crippen molar-refractivity contribution in [1.82, 2.24) is 0 Å². The topological polar surface area (TPSA) is 75.3 Å². The first-order chi connectivity index (χ1) is 12.8. The lowest BCUT2D eigenvalue weighted by Crippen LogP contribution is -2.13. The van der Waals surface area contributed by atoms with E-state index >= 15 is 0 Å².